The maximum atomic E-state index is 12.4. The number of amides is 1. The Balaban J connectivity index is 1.28. The van der Waals surface area contributed by atoms with Gasteiger partial charge in [0.05, 0.1) is 4.92 Å². The van der Waals surface area contributed by atoms with Crippen LogP contribution < -0.4 is 10.2 Å². The van der Waals surface area contributed by atoms with Crippen molar-refractivity contribution >= 4 is 23.0 Å². The predicted octanol–water partition coefficient (Wildman–Crippen LogP) is 4.17. The summed E-state index contributed by atoms with van der Waals surface area (Å²) in [6.07, 6.45) is 0. The molecule has 1 heterocycles. The van der Waals surface area contributed by atoms with Gasteiger partial charge in [-0.05, 0) is 42.0 Å². The summed E-state index contributed by atoms with van der Waals surface area (Å²) in [6.45, 7) is 4.39. The summed E-state index contributed by atoms with van der Waals surface area (Å²) in [5.41, 5.74) is 3.71. The third-order valence-electron chi connectivity index (χ3n) is 5.45. The number of para-hydroxylation sites is 1. The number of piperazine rings is 1. The molecule has 1 fully saturated rings. The van der Waals surface area contributed by atoms with Crippen molar-refractivity contribution in [3.8, 4) is 0 Å². The van der Waals surface area contributed by atoms with E-state index in [-0.39, 0.29) is 16.5 Å². The Labute approximate surface area is 181 Å². The van der Waals surface area contributed by atoms with Gasteiger partial charge >= 0.3 is 0 Å². The van der Waals surface area contributed by atoms with Gasteiger partial charge in [-0.2, -0.15) is 0 Å². The summed E-state index contributed by atoms with van der Waals surface area (Å²) in [7, 11) is 0. The molecule has 1 aliphatic rings. The Hall–Kier alpha value is -3.71. The van der Waals surface area contributed by atoms with Crippen molar-refractivity contribution in [3.05, 3.63) is 100 Å². The lowest BCUT2D eigenvalue weighted by atomic mass is 10.1. The number of benzene rings is 3. The van der Waals surface area contributed by atoms with Gasteiger partial charge in [0.25, 0.3) is 11.6 Å². The number of nitrogens with one attached hydrogen (secondary N) is 1. The molecule has 1 aliphatic heterocycles. The van der Waals surface area contributed by atoms with Gasteiger partial charge in [0.15, 0.2) is 0 Å². The Bertz CT molecular complexity index is 1030. The van der Waals surface area contributed by atoms with Gasteiger partial charge in [-0.25, -0.2) is 0 Å². The molecular formula is C24H24N4O3. The number of hydrogen-bond donors (Lipinski definition) is 1. The molecule has 158 valence electrons. The zero-order valence-electron chi connectivity index (χ0n) is 17.1. The van der Waals surface area contributed by atoms with E-state index in [1.54, 1.807) is 12.1 Å². The molecule has 0 bridgehead atoms. The first kappa shape index (κ1) is 20.6. The first-order valence-corrected chi connectivity index (χ1v) is 10.3. The minimum Gasteiger partial charge on any atom is -0.369 e. The fourth-order valence-corrected chi connectivity index (χ4v) is 3.69. The second-order valence-corrected chi connectivity index (χ2v) is 7.55. The van der Waals surface area contributed by atoms with Crippen molar-refractivity contribution in [2.45, 2.75) is 6.54 Å². The van der Waals surface area contributed by atoms with Crippen LogP contribution in [0.5, 0.6) is 0 Å². The number of rotatable bonds is 6. The SMILES string of the molecule is O=C(Nc1ccccc1)c1ccc(CN2CCN(c3ccc([N+](=O)[O-])cc3)CC2)cc1. The van der Waals surface area contributed by atoms with Crippen molar-refractivity contribution in [1.29, 1.82) is 0 Å². The highest BCUT2D eigenvalue weighted by Crippen LogP contribution is 2.21. The molecule has 3 aromatic rings. The lowest BCUT2D eigenvalue weighted by Crippen LogP contribution is -2.45. The van der Waals surface area contributed by atoms with Crippen LogP contribution in [0.1, 0.15) is 15.9 Å². The molecular weight excluding hydrogens is 392 g/mol. The van der Waals surface area contributed by atoms with Gasteiger partial charge < -0.3 is 10.2 Å². The molecule has 1 saturated heterocycles. The molecule has 7 heteroatoms. The second-order valence-electron chi connectivity index (χ2n) is 7.55. The van der Waals surface area contributed by atoms with Crippen molar-refractivity contribution in [2.24, 2.45) is 0 Å². The summed E-state index contributed by atoms with van der Waals surface area (Å²) in [5.74, 6) is -0.116. The van der Waals surface area contributed by atoms with Crippen molar-refractivity contribution in [2.75, 3.05) is 36.4 Å². The van der Waals surface area contributed by atoms with Crippen molar-refractivity contribution < 1.29 is 9.72 Å². The van der Waals surface area contributed by atoms with Crippen LogP contribution in [-0.2, 0) is 6.54 Å². The zero-order chi connectivity index (χ0) is 21.6. The van der Waals surface area contributed by atoms with Crippen molar-refractivity contribution in [1.82, 2.24) is 4.90 Å². The van der Waals surface area contributed by atoms with E-state index in [9.17, 15) is 14.9 Å². The standard InChI is InChI=1S/C24H24N4O3/c29-24(25-21-4-2-1-3-5-21)20-8-6-19(7-9-20)18-26-14-16-27(17-15-26)22-10-12-23(13-11-22)28(30)31/h1-13H,14-18H2,(H,25,29). The van der Waals surface area contributed by atoms with Gasteiger partial charge in [-0.3, -0.25) is 19.8 Å². The van der Waals surface area contributed by atoms with Crippen molar-refractivity contribution in [3.63, 3.8) is 0 Å². The first-order valence-electron chi connectivity index (χ1n) is 10.3. The zero-order valence-corrected chi connectivity index (χ0v) is 17.1. The molecule has 0 aliphatic carbocycles. The Kier molecular flexibility index (Phi) is 6.24. The van der Waals surface area contributed by atoms with E-state index in [0.29, 0.717) is 5.56 Å². The predicted molar refractivity (Wildman–Crippen MR) is 121 cm³/mol. The summed E-state index contributed by atoms with van der Waals surface area (Å²) >= 11 is 0. The number of nitro groups is 1. The fraction of sp³-hybridized carbons (Fsp3) is 0.208. The number of nitro benzene ring substituents is 1. The normalized spacial score (nSPS) is 14.3. The molecule has 0 atom stereocenters. The number of carbonyl (C=O) groups excluding carboxylic acids is 1. The maximum absolute atomic E-state index is 12.4. The van der Waals surface area contributed by atoms with Gasteiger partial charge in [-0.1, -0.05) is 30.3 Å². The summed E-state index contributed by atoms with van der Waals surface area (Å²) in [6, 6.07) is 23.9. The Morgan fingerprint density at radius 2 is 1.52 bits per heavy atom. The van der Waals surface area contributed by atoms with E-state index in [0.717, 1.165) is 44.1 Å². The lowest BCUT2D eigenvalue weighted by molar-refractivity contribution is -0.384. The molecule has 0 aromatic heterocycles. The van der Waals surface area contributed by atoms with E-state index in [1.165, 1.54) is 5.56 Å². The molecule has 4 rings (SSSR count). The molecule has 0 spiro atoms. The molecule has 7 nitrogen and oxygen atoms in total. The quantitative estimate of drug-likeness (QED) is 0.482. The largest absolute Gasteiger partial charge is 0.369 e. The Morgan fingerprint density at radius 1 is 0.871 bits per heavy atom. The second kappa shape index (κ2) is 9.40. The van der Waals surface area contributed by atoms with Gasteiger partial charge in [-0.15, -0.1) is 0 Å². The van der Waals surface area contributed by atoms with Crippen LogP contribution in [0.15, 0.2) is 78.9 Å². The van der Waals surface area contributed by atoms with Crippen LogP contribution in [-0.4, -0.2) is 41.9 Å². The molecule has 0 radical (unpaired) electrons. The van der Waals surface area contributed by atoms with E-state index >= 15 is 0 Å². The topological polar surface area (TPSA) is 78.7 Å². The minimum atomic E-state index is -0.377. The fourth-order valence-electron chi connectivity index (χ4n) is 3.69. The molecule has 31 heavy (non-hydrogen) atoms. The van der Waals surface area contributed by atoms with E-state index in [4.69, 9.17) is 0 Å². The van der Waals surface area contributed by atoms with Crippen LogP contribution in [0.4, 0.5) is 17.1 Å². The summed E-state index contributed by atoms with van der Waals surface area (Å²) < 4.78 is 0. The monoisotopic (exact) mass is 416 g/mol. The molecule has 1 amide bonds. The van der Waals surface area contributed by atoms with Crippen LogP contribution in [0.3, 0.4) is 0 Å². The molecule has 0 saturated carbocycles. The number of nitrogens with zero attached hydrogens (tertiary/aromatic N) is 3. The highest BCUT2D eigenvalue weighted by Gasteiger charge is 2.18. The highest BCUT2D eigenvalue weighted by molar-refractivity contribution is 6.04. The number of anilines is 2. The van der Waals surface area contributed by atoms with E-state index < -0.39 is 0 Å². The summed E-state index contributed by atoms with van der Waals surface area (Å²) in [4.78, 5) is 27.4. The van der Waals surface area contributed by atoms with Gasteiger partial charge in [0.1, 0.15) is 0 Å². The smallest absolute Gasteiger partial charge is 0.269 e. The number of carbonyl (C=O) groups is 1. The molecule has 3 aromatic carbocycles. The third-order valence-corrected chi connectivity index (χ3v) is 5.45. The van der Waals surface area contributed by atoms with E-state index in [1.807, 2.05) is 66.7 Å². The van der Waals surface area contributed by atoms with Crippen LogP contribution in [0.2, 0.25) is 0 Å². The van der Waals surface area contributed by atoms with E-state index in [2.05, 4.69) is 15.1 Å². The molecule has 1 N–H and O–H groups in total. The number of hydrogen-bond acceptors (Lipinski definition) is 5. The minimum absolute atomic E-state index is 0.114. The third kappa shape index (κ3) is 5.26. The van der Waals surface area contributed by atoms with Gasteiger partial charge in [0, 0.05) is 61.8 Å². The summed E-state index contributed by atoms with van der Waals surface area (Å²) in [5, 5.41) is 13.7. The highest BCUT2D eigenvalue weighted by atomic mass is 16.6. The van der Waals surface area contributed by atoms with Crippen LogP contribution in [0.25, 0.3) is 0 Å². The first-order chi connectivity index (χ1) is 15.1. The maximum Gasteiger partial charge on any atom is 0.269 e. The number of non-ortho nitro benzene ring substituents is 1. The van der Waals surface area contributed by atoms with Crippen LogP contribution >= 0.6 is 0 Å². The lowest BCUT2D eigenvalue weighted by Gasteiger charge is -2.36. The Morgan fingerprint density at radius 3 is 2.13 bits per heavy atom. The average Bonchev–Trinajstić information content (AvgIpc) is 2.81. The molecule has 0 unspecified atom stereocenters. The average molecular weight is 416 g/mol. The van der Waals surface area contributed by atoms with Crippen LogP contribution in [0, 0.1) is 10.1 Å². The van der Waals surface area contributed by atoms with Gasteiger partial charge in [0.2, 0.25) is 0 Å².